The van der Waals surface area contributed by atoms with Gasteiger partial charge in [0.25, 0.3) is 0 Å². The van der Waals surface area contributed by atoms with E-state index in [1.807, 2.05) is 0 Å². The second-order valence-electron chi connectivity index (χ2n) is 4.49. The molecule has 1 saturated carbocycles. The van der Waals surface area contributed by atoms with Crippen molar-refractivity contribution in [2.45, 2.75) is 16.4 Å². The van der Waals surface area contributed by atoms with E-state index < -0.39 is 34.0 Å². The molecule has 0 spiro atoms. The van der Waals surface area contributed by atoms with Gasteiger partial charge in [-0.15, -0.1) is 0 Å². The molecule has 0 bridgehead atoms. The van der Waals surface area contributed by atoms with Crippen LogP contribution in [0.1, 0.15) is 17.0 Å². The molecule has 1 N–H and O–H groups in total. The summed E-state index contributed by atoms with van der Waals surface area (Å²) in [6, 6.07) is 4.22. The van der Waals surface area contributed by atoms with Gasteiger partial charge in [0.1, 0.15) is 10.6 Å². The Balaban J connectivity index is 2.33. The molecule has 0 aliphatic heterocycles. The molecule has 0 heterocycles. The second kappa shape index (κ2) is 4.36. The normalized spacial score (nSPS) is 29.1. The Morgan fingerprint density at radius 2 is 1.79 bits per heavy atom. The molecule has 1 fully saturated rings. The smallest absolute Gasteiger partial charge is 0.395 e. The molecule has 2 rings (SSSR count). The summed E-state index contributed by atoms with van der Waals surface area (Å²) in [7, 11) is 0. The summed E-state index contributed by atoms with van der Waals surface area (Å²) in [4.78, 5) is 11.0. The fourth-order valence-corrected chi connectivity index (χ4v) is 3.19. The highest BCUT2D eigenvalue weighted by Gasteiger charge is 2.76. The zero-order valence-electron chi connectivity index (χ0n) is 9.42. The largest absolute Gasteiger partial charge is 0.416 e. The molecule has 1 aromatic rings. The minimum Gasteiger partial charge on any atom is -0.395 e. The molecular formula is C12H9Cl2F3O2. The minimum atomic E-state index is -4.43. The molecule has 2 unspecified atom stereocenters. The number of rotatable bonds is 3. The fourth-order valence-electron chi connectivity index (χ4n) is 2.23. The van der Waals surface area contributed by atoms with E-state index in [0.29, 0.717) is 11.8 Å². The third-order valence-electron chi connectivity index (χ3n) is 3.46. The van der Waals surface area contributed by atoms with Gasteiger partial charge in [-0.05, 0) is 17.7 Å². The Morgan fingerprint density at radius 1 is 1.26 bits per heavy atom. The molecule has 0 saturated heterocycles. The van der Waals surface area contributed by atoms with Crippen molar-refractivity contribution in [1.82, 2.24) is 0 Å². The van der Waals surface area contributed by atoms with Gasteiger partial charge in [-0.1, -0.05) is 35.3 Å². The van der Waals surface area contributed by atoms with Crippen molar-refractivity contribution >= 4 is 29.5 Å². The highest BCUT2D eigenvalue weighted by Crippen LogP contribution is 2.72. The van der Waals surface area contributed by atoms with Crippen LogP contribution in [0.3, 0.4) is 0 Å². The van der Waals surface area contributed by atoms with Crippen LogP contribution in [0, 0.1) is 5.41 Å². The van der Waals surface area contributed by atoms with Crippen LogP contribution in [0.25, 0.3) is 0 Å². The lowest BCUT2D eigenvalue weighted by molar-refractivity contribution is -0.137. The second-order valence-corrected chi connectivity index (χ2v) is 5.88. The molecule has 19 heavy (non-hydrogen) atoms. The Kier molecular flexibility index (Phi) is 3.36. The molecular weight excluding hydrogens is 304 g/mol. The number of hydrogen-bond acceptors (Lipinski definition) is 2. The van der Waals surface area contributed by atoms with Gasteiger partial charge in [0.15, 0.2) is 0 Å². The van der Waals surface area contributed by atoms with Gasteiger partial charge in [0, 0.05) is 5.92 Å². The maximum absolute atomic E-state index is 12.4. The summed E-state index contributed by atoms with van der Waals surface area (Å²) in [5, 5.41) is 9.23. The molecule has 7 heteroatoms. The first-order valence-corrected chi connectivity index (χ1v) is 6.08. The van der Waals surface area contributed by atoms with Crippen LogP contribution in [0.4, 0.5) is 13.2 Å². The number of aldehydes is 1. The van der Waals surface area contributed by atoms with Crippen LogP contribution >= 0.6 is 23.2 Å². The third-order valence-corrected chi connectivity index (χ3v) is 4.60. The predicted octanol–water partition coefficient (Wildman–Crippen LogP) is 3.15. The Labute approximate surface area is 117 Å². The number of carbonyl (C=O) groups is 1. The Morgan fingerprint density at radius 3 is 2.11 bits per heavy atom. The van der Waals surface area contributed by atoms with Crippen LogP contribution in [0.2, 0.25) is 0 Å². The first-order chi connectivity index (χ1) is 8.70. The quantitative estimate of drug-likeness (QED) is 0.687. The zero-order chi connectivity index (χ0) is 14.5. The van der Waals surface area contributed by atoms with Crippen molar-refractivity contribution in [3.05, 3.63) is 35.4 Å². The van der Waals surface area contributed by atoms with Gasteiger partial charge in [-0.3, -0.25) is 0 Å². The van der Waals surface area contributed by atoms with Crippen LogP contribution < -0.4 is 0 Å². The van der Waals surface area contributed by atoms with E-state index in [2.05, 4.69) is 0 Å². The van der Waals surface area contributed by atoms with E-state index in [0.717, 1.165) is 12.1 Å². The summed E-state index contributed by atoms with van der Waals surface area (Å²) in [5.74, 6) is -0.715. The van der Waals surface area contributed by atoms with Crippen LogP contribution in [0.5, 0.6) is 0 Å². The average molecular weight is 313 g/mol. The van der Waals surface area contributed by atoms with Crippen LogP contribution in [-0.2, 0) is 11.0 Å². The number of aliphatic hydroxyl groups is 1. The first kappa shape index (κ1) is 14.6. The standard InChI is InChI=1S/C12H9Cl2F3O2/c13-11(14)9(10(11,5-18)6-19)7-1-3-8(4-2-7)12(15,16)17/h1-5,9,19H,6H2. The molecule has 1 aliphatic rings. The van der Waals surface area contributed by atoms with Crippen molar-refractivity contribution in [2.75, 3.05) is 6.61 Å². The monoisotopic (exact) mass is 312 g/mol. The van der Waals surface area contributed by atoms with Crippen LogP contribution in [0.15, 0.2) is 24.3 Å². The average Bonchev–Trinajstić information content (AvgIpc) is 2.85. The highest BCUT2D eigenvalue weighted by atomic mass is 35.5. The maximum Gasteiger partial charge on any atom is 0.416 e. The van der Waals surface area contributed by atoms with E-state index in [-0.39, 0.29) is 0 Å². The van der Waals surface area contributed by atoms with Gasteiger partial charge in [-0.25, -0.2) is 0 Å². The van der Waals surface area contributed by atoms with E-state index >= 15 is 0 Å². The molecule has 1 aromatic carbocycles. The van der Waals surface area contributed by atoms with Crippen molar-refractivity contribution in [1.29, 1.82) is 0 Å². The lowest BCUT2D eigenvalue weighted by atomic mass is 10.0. The van der Waals surface area contributed by atoms with Gasteiger partial charge in [0.2, 0.25) is 0 Å². The number of hydrogen-bond donors (Lipinski definition) is 1. The summed E-state index contributed by atoms with van der Waals surface area (Å²) in [6.45, 7) is -0.560. The number of aliphatic hydroxyl groups excluding tert-OH is 1. The molecule has 0 radical (unpaired) electrons. The third kappa shape index (κ3) is 2.04. The number of alkyl halides is 5. The van der Waals surface area contributed by atoms with Gasteiger partial charge in [0.05, 0.1) is 17.6 Å². The maximum atomic E-state index is 12.4. The lowest BCUT2D eigenvalue weighted by Crippen LogP contribution is -2.16. The van der Waals surface area contributed by atoms with Gasteiger partial charge < -0.3 is 9.90 Å². The molecule has 104 valence electrons. The molecule has 0 amide bonds. The first-order valence-electron chi connectivity index (χ1n) is 5.33. The highest BCUT2D eigenvalue weighted by molar-refractivity contribution is 6.54. The fraction of sp³-hybridized carbons (Fsp3) is 0.417. The molecule has 2 atom stereocenters. The number of benzene rings is 1. The minimum absolute atomic E-state index is 0.388. The zero-order valence-corrected chi connectivity index (χ0v) is 10.9. The lowest BCUT2D eigenvalue weighted by Gasteiger charge is -2.08. The molecule has 2 nitrogen and oxygen atoms in total. The molecule has 0 aromatic heterocycles. The number of halogens is 5. The summed E-state index contributed by atoms with van der Waals surface area (Å²) in [6.07, 6.45) is -3.98. The Hall–Kier alpha value is -0.780. The summed E-state index contributed by atoms with van der Waals surface area (Å²) in [5.41, 5.74) is -1.76. The van der Waals surface area contributed by atoms with Crippen LogP contribution in [-0.4, -0.2) is 22.3 Å². The predicted molar refractivity (Wildman–Crippen MR) is 64.2 cm³/mol. The van der Waals surface area contributed by atoms with E-state index in [1.165, 1.54) is 12.1 Å². The molecule has 1 aliphatic carbocycles. The SMILES string of the molecule is O=CC1(CO)C(c2ccc(C(F)(F)F)cc2)C1(Cl)Cl. The van der Waals surface area contributed by atoms with E-state index in [1.54, 1.807) is 0 Å². The van der Waals surface area contributed by atoms with E-state index in [4.69, 9.17) is 23.2 Å². The van der Waals surface area contributed by atoms with Crippen molar-refractivity contribution in [2.24, 2.45) is 5.41 Å². The van der Waals surface area contributed by atoms with Crippen molar-refractivity contribution in [3.63, 3.8) is 0 Å². The van der Waals surface area contributed by atoms with Gasteiger partial charge >= 0.3 is 6.18 Å². The van der Waals surface area contributed by atoms with Gasteiger partial charge in [-0.2, -0.15) is 13.2 Å². The topological polar surface area (TPSA) is 37.3 Å². The van der Waals surface area contributed by atoms with E-state index in [9.17, 15) is 23.1 Å². The summed E-state index contributed by atoms with van der Waals surface area (Å²) >= 11 is 11.9. The van der Waals surface area contributed by atoms with Crippen molar-refractivity contribution < 1.29 is 23.1 Å². The van der Waals surface area contributed by atoms with Crippen molar-refractivity contribution in [3.8, 4) is 0 Å². The Bertz CT molecular complexity index is 499. The number of carbonyl (C=O) groups excluding carboxylic acids is 1. The summed E-state index contributed by atoms with van der Waals surface area (Å²) < 4.78 is 35.8.